The molecular weight excluding hydrogens is 326 g/mol. The van der Waals surface area contributed by atoms with Gasteiger partial charge in [0.15, 0.2) is 0 Å². The van der Waals surface area contributed by atoms with Crippen molar-refractivity contribution in [2.45, 2.75) is 25.8 Å². The van der Waals surface area contributed by atoms with Crippen molar-refractivity contribution in [2.75, 3.05) is 20.2 Å². The van der Waals surface area contributed by atoms with Gasteiger partial charge in [-0.3, -0.25) is 4.90 Å². The Morgan fingerprint density at radius 3 is 2.92 bits per heavy atom. The van der Waals surface area contributed by atoms with Crippen LogP contribution in [0.4, 0.5) is 0 Å². The average Bonchev–Trinajstić information content (AvgIpc) is 3.33. The van der Waals surface area contributed by atoms with Crippen molar-refractivity contribution in [1.29, 1.82) is 0 Å². The number of methoxy groups -OCH3 is 1. The molecule has 134 valence electrons. The van der Waals surface area contributed by atoms with Crippen molar-refractivity contribution < 1.29 is 9.26 Å². The second kappa shape index (κ2) is 7.30. The fourth-order valence-corrected chi connectivity index (χ4v) is 3.49. The first-order valence-electron chi connectivity index (χ1n) is 8.98. The van der Waals surface area contributed by atoms with E-state index in [-0.39, 0.29) is 0 Å². The van der Waals surface area contributed by atoms with Crippen LogP contribution in [0.5, 0.6) is 5.75 Å². The summed E-state index contributed by atoms with van der Waals surface area (Å²) in [6, 6.07) is 16.3. The molecule has 2 heterocycles. The molecule has 1 aliphatic heterocycles. The highest BCUT2D eigenvalue weighted by Gasteiger charge is 2.28. The third kappa shape index (κ3) is 3.48. The molecule has 1 atom stereocenters. The van der Waals surface area contributed by atoms with Crippen LogP contribution in [0.15, 0.2) is 53.1 Å². The average molecular weight is 349 g/mol. The quantitative estimate of drug-likeness (QED) is 0.696. The summed E-state index contributed by atoms with van der Waals surface area (Å²) < 4.78 is 10.8. The van der Waals surface area contributed by atoms with Crippen LogP contribution < -0.4 is 4.74 Å². The Balaban J connectivity index is 1.44. The van der Waals surface area contributed by atoms with Gasteiger partial charge >= 0.3 is 0 Å². The summed E-state index contributed by atoms with van der Waals surface area (Å²) in [6.07, 6.45) is 1.05. The third-order valence-electron chi connectivity index (χ3n) is 5.05. The molecule has 0 bridgehead atoms. The lowest BCUT2D eigenvalue weighted by Gasteiger charge is -2.16. The highest BCUT2D eigenvalue weighted by Crippen LogP contribution is 2.29. The Hall–Kier alpha value is -2.66. The third-order valence-corrected chi connectivity index (χ3v) is 5.05. The highest BCUT2D eigenvalue weighted by atomic mass is 16.5. The molecule has 2 aromatic carbocycles. The van der Waals surface area contributed by atoms with Gasteiger partial charge in [0.05, 0.1) is 13.0 Å². The van der Waals surface area contributed by atoms with Gasteiger partial charge in [-0.05, 0) is 43.1 Å². The van der Waals surface area contributed by atoms with Gasteiger partial charge in [-0.25, -0.2) is 0 Å². The molecule has 5 nitrogen and oxygen atoms in total. The standard InChI is InChI=1S/C21H23N3O2/c1-15-6-3-4-7-17(15)13-24-11-10-18(14-24)21-22-20(23-26-21)16-8-5-9-19(12-16)25-2/h3-9,12,18H,10-11,13-14H2,1-2H3/t18-/m0/s1. The molecule has 0 unspecified atom stereocenters. The van der Waals surface area contributed by atoms with Crippen LogP contribution in [0.2, 0.25) is 0 Å². The van der Waals surface area contributed by atoms with Crippen LogP contribution in [0.3, 0.4) is 0 Å². The lowest BCUT2D eigenvalue weighted by atomic mass is 10.1. The van der Waals surface area contributed by atoms with Gasteiger partial charge < -0.3 is 9.26 Å². The maximum atomic E-state index is 5.57. The first-order valence-corrected chi connectivity index (χ1v) is 8.98. The van der Waals surface area contributed by atoms with E-state index < -0.39 is 0 Å². The molecule has 0 N–H and O–H groups in total. The van der Waals surface area contributed by atoms with Crippen molar-refractivity contribution in [3.63, 3.8) is 0 Å². The van der Waals surface area contributed by atoms with E-state index in [9.17, 15) is 0 Å². The Labute approximate surface area is 153 Å². The van der Waals surface area contributed by atoms with Gasteiger partial charge in [0.25, 0.3) is 0 Å². The molecule has 0 saturated carbocycles. The van der Waals surface area contributed by atoms with E-state index in [0.717, 1.165) is 43.3 Å². The van der Waals surface area contributed by atoms with Crippen LogP contribution in [0.1, 0.15) is 29.4 Å². The zero-order valence-electron chi connectivity index (χ0n) is 15.2. The predicted octanol–water partition coefficient (Wildman–Crippen LogP) is 4.04. The SMILES string of the molecule is COc1cccc(-c2noc([C@H]3CCN(Cc4ccccc4C)C3)n2)c1. The van der Waals surface area contributed by atoms with Crippen LogP contribution in [-0.2, 0) is 6.54 Å². The Kier molecular flexibility index (Phi) is 4.71. The zero-order chi connectivity index (χ0) is 17.9. The molecule has 26 heavy (non-hydrogen) atoms. The topological polar surface area (TPSA) is 51.4 Å². The summed E-state index contributed by atoms with van der Waals surface area (Å²) in [5.41, 5.74) is 3.64. The largest absolute Gasteiger partial charge is 0.497 e. The Bertz CT molecular complexity index is 890. The molecule has 5 heteroatoms. The first kappa shape index (κ1) is 16.8. The summed E-state index contributed by atoms with van der Waals surface area (Å²) in [5, 5.41) is 4.17. The van der Waals surface area contributed by atoms with Crippen LogP contribution >= 0.6 is 0 Å². The number of aryl methyl sites for hydroxylation is 1. The zero-order valence-corrected chi connectivity index (χ0v) is 15.2. The maximum absolute atomic E-state index is 5.57. The molecule has 0 amide bonds. The molecule has 0 radical (unpaired) electrons. The van der Waals surface area contributed by atoms with Crippen molar-refractivity contribution in [3.8, 4) is 17.1 Å². The van der Waals surface area contributed by atoms with Crippen molar-refractivity contribution in [3.05, 3.63) is 65.5 Å². The maximum Gasteiger partial charge on any atom is 0.231 e. The monoisotopic (exact) mass is 349 g/mol. The van der Waals surface area contributed by atoms with Gasteiger partial charge in [0.2, 0.25) is 11.7 Å². The first-order chi connectivity index (χ1) is 12.7. The fourth-order valence-electron chi connectivity index (χ4n) is 3.49. The van der Waals surface area contributed by atoms with Gasteiger partial charge in [0.1, 0.15) is 5.75 Å². The van der Waals surface area contributed by atoms with Gasteiger partial charge in [-0.2, -0.15) is 4.98 Å². The minimum absolute atomic E-state index is 0.297. The number of hydrogen-bond acceptors (Lipinski definition) is 5. The predicted molar refractivity (Wildman–Crippen MR) is 100 cm³/mol. The number of ether oxygens (including phenoxy) is 1. The van der Waals surface area contributed by atoms with E-state index in [1.54, 1.807) is 7.11 Å². The number of benzene rings is 2. The van der Waals surface area contributed by atoms with Gasteiger partial charge in [-0.1, -0.05) is 41.6 Å². The van der Waals surface area contributed by atoms with Crippen LogP contribution in [-0.4, -0.2) is 35.2 Å². The Morgan fingerprint density at radius 1 is 1.19 bits per heavy atom. The number of aromatic nitrogens is 2. The molecular formula is C21H23N3O2. The number of rotatable bonds is 5. The second-order valence-corrected chi connectivity index (χ2v) is 6.84. The fraction of sp³-hybridized carbons (Fsp3) is 0.333. The Morgan fingerprint density at radius 2 is 2.08 bits per heavy atom. The molecule has 0 spiro atoms. The summed E-state index contributed by atoms with van der Waals surface area (Å²) in [4.78, 5) is 7.10. The number of nitrogens with zero attached hydrogens (tertiary/aromatic N) is 3. The van der Waals surface area contributed by atoms with Crippen molar-refractivity contribution in [2.24, 2.45) is 0 Å². The van der Waals surface area contributed by atoms with E-state index in [4.69, 9.17) is 9.26 Å². The summed E-state index contributed by atoms with van der Waals surface area (Å²) in [7, 11) is 1.66. The van der Waals surface area contributed by atoms with Crippen molar-refractivity contribution >= 4 is 0 Å². The molecule has 1 aliphatic rings. The van der Waals surface area contributed by atoms with Crippen LogP contribution in [0.25, 0.3) is 11.4 Å². The minimum atomic E-state index is 0.297. The van der Waals surface area contributed by atoms with Gasteiger partial charge in [0, 0.05) is 18.7 Å². The highest BCUT2D eigenvalue weighted by molar-refractivity contribution is 5.56. The van der Waals surface area contributed by atoms with E-state index in [1.807, 2.05) is 24.3 Å². The van der Waals surface area contributed by atoms with Crippen LogP contribution in [0, 0.1) is 6.92 Å². The molecule has 0 aliphatic carbocycles. The summed E-state index contributed by atoms with van der Waals surface area (Å²) in [5.74, 6) is 2.44. The molecule has 1 saturated heterocycles. The van der Waals surface area contributed by atoms with E-state index in [0.29, 0.717) is 11.7 Å². The lowest BCUT2D eigenvalue weighted by molar-refractivity contribution is 0.309. The summed E-state index contributed by atoms with van der Waals surface area (Å²) in [6.45, 7) is 5.14. The lowest BCUT2D eigenvalue weighted by Crippen LogP contribution is -2.20. The second-order valence-electron chi connectivity index (χ2n) is 6.84. The number of hydrogen-bond donors (Lipinski definition) is 0. The molecule has 3 aromatic rings. The number of likely N-dealkylation sites (tertiary alicyclic amines) is 1. The molecule has 4 rings (SSSR count). The van der Waals surface area contributed by atoms with E-state index in [1.165, 1.54) is 11.1 Å². The molecule has 1 aromatic heterocycles. The minimum Gasteiger partial charge on any atom is -0.497 e. The smallest absolute Gasteiger partial charge is 0.231 e. The normalized spacial score (nSPS) is 17.5. The summed E-state index contributed by atoms with van der Waals surface area (Å²) >= 11 is 0. The van der Waals surface area contributed by atoms with Gasteiger partial charge in [-0.15, -0.1) is 0 Å². The van der Waals surface area contributed by atoms with Crippen molar-refractivity contribution in [1.82, 2.24) is 15.0 Å². The molecule has 1 fully saturated rings. The van der Waals surface area contributed by atoms with E-state index in [2.05, 4.69) is 46.2 Å². The van der Waals surface area contributed by atoms with E-state index >= 15 is 0 Å².